The summed E-state index contributed by atoms with van der Waals surface area (Å²) in [5.74, 6) is -0.185. The van der Waals surface area contributed by atoms with Gasteiger partial charge in [-0.1, -0.05) is 0 Å². The first kappa shape index (κ1) is 5.63. The maximum atomic E-state index is 9.89. The van der Waals surface area contributed by atoms with Gasteiger partial charge >= 0.3 is 0 Å². The van der Waals surface area contributed by atoms with E-state index in [2.05, 4.69) is 0 Å². The van der Waals surface area contributed by atoms with Crippen LogP contribution in [0.4, 0.5) is 0 Å². The first-order valence-corrected chi connectivity index (χ1v) is 1.83. The van der Waals surface area contributed by atoms with Gasteiger partial charge in [-0.2, -0.15) is 0 Å². The van der Waals surface area contributed by atoms with E-state index in [1.165, 1.54) is 13.8 Å². The SMILES string of the molecule is CC(=O)[C@H](C)O. The van der Waals surface area contributed by atoms with Gasteiger partial charge in [0.15, 0.2) is 5.78 Å². The third-order valence-electron chi connectivity index (χ3n) is 0.588. The molecule has 2 nitrogen and oxygen atoms in total. The second-order valence-electron chi connectivity index (χ2n) is 1.29. The number of ketones is 1. The zero-order chi connectivity index (χ0) is 5.15. The fraction of sp³-hybridized carbons (Fsp3) is 0.750. The number of rotatable bonds is 1. The van der Waals surface area contributed by atoms with Crippen LogP contribution in [0.1, 0.15) is 13.8 Å². The lowest BCUT2D eigenvalue weighted by molar-refractivity contribution is -0.124. The molecule has 1 N–H and O–H groups in total. The molecule has 0 bridgehead atoms. The second kappa shape index (κ2) is 1.92. The molecule has 36 valence electrons. The quantitative estimate of drug-likeness (QED) is 0.488. The Morgan fingerprint density at radius 1 is 1.83 bits per heavy atom. The monoisotopic (exact) mass is 88.1 g/mol. The van der Waals surface area contributed by atoms with Crippen molar-refractivity contribution in [2.24, 2.45) is 0 Å². The van der Waals surface area contributed by atoms with Crippen LogP contribution in [0.3, 0.4) is 0 Å². The summed E-state index contributed by atoms with van der Waals surface area (Å²) >= 11 is 0. The molecule has 0 amide bonds. The summed E-state index contributed by atoms with van der Waals surface area (Å²) in [4.78, 5) is 9.89. The first-order chi connectivity index (χ1) is 2.64. The summed E-state index contributed by atoms with van der Waals surface area (Å²) in [7, 11) is 0. The van der Waals surface area contributed by atoms with Gasteiger partial charge in [-0.15, -0.1) is 0 Å². The van der Waals surface area contributed by atoms with E-state index in [-0.39, 0.29) is 5.78 Å². The highest BCUT2D eigenvalue weighted by Gasteiger charge is 1.97. The molecule has 0 saturated heterocycles. The molecule has 0 radical (unpaired) electrons. The minimum Gasteiger partial charge on any atom is -0.386 e. The lowest BCUT2D eigenvalue weighted by Crippen LogP contribution is -2.10. The highest BCUT2D eigenvalue weighted by molar-refractivity contribution is 5.79. The Morgan fingerprint density at radius 3 is 2.00 bits per heavy atom. The predicted octanol–water partition coefficient (Wildman–Crippen LogP) is -0.0438. The number of Topliss-reactive ketones (excluding diaryl/α,β-unsaturated/α-hetero) is 1. The first-order valence-electron chi connectivity index (χ1n) is 1.83. The molecule has 0 aliphatic heterocycles. The lowest BCUT2D eigenvalue weighted by Gasteiger charge is -1.90. The Balaban J connectivity index is 3.26. The van der Waals surface area contributed by atoms with Gasteiger partial charge < -0.3 is 5.11 Å². The van der Waals surface area contributed by atoms with Crippen LogP contribution in [0, 0.1) is 0 Å². The Kier molecular flexibility index (Phi) is 1.81. The predicted molar refractivity (Wildman–Crippen MR) is 22.4 cm³/mol. The molecule has 1 atom stereocenters. The third-order valence-corrected chi connectivity index (χ3v) is 0.588. The molecule has 6 heavy (non-hydrogen) atoms. The highest BCUT2D eigenvalue weighted by atomic mass is 16.3. The van der Waals surface area contributed by atoms with Crippen molar-refractivity contribution in [2.75, 3.05) is 0 Å². The zero-order valence-corrected chi connectivity index (χ0v) is 3.93. The summed E-state index contributed by atoms with van der Waals surface area (Å²) in [6.07, 6.45) is -0.787. The van der Waals surface area contributed by atoms with Crippen LogP contribution in [0.15, 0.2) is 0 Å². The molecule has 0 fully saturated rings. The van der Waals surface area contributed by atoms with Crippen molar-refractivity contribution in [2.45, 2.75) is 20.0 Å². The number of aliphatic hydroxyl groups excluding tert-OH is 1. The van der Waals surface area contributed by atoms with Crippen molar-refractivity contribution >= 4 is 5.78 Å². The second-order valence-corrected chi connectivity index (χ2v) is 1.29. The van der Waals surface area contributed by atoms with Gasteiger partial charge in [0.25, 0.3) is 0 Å². The third kappa shape index (κ3) is 1.91. The van der Waals surface area contributed by atoms with Crippen molar-refractivity contribution in [1.29, 1.82) is 0 Å². The molecule has 0 aliphatic rings. The molecule has 0 aliphatic carbocycles. The number of aliphatic hydroxyl groups is 1. The van der Waals surface area contributed by atoms with Crippen LogP contribution in [-0.2, 0) is 4.79 Å². The van der Waals surface area contributed by atoms with Gasteiger partial charge in [0.05, 0.1) is 0 Å². The maximum Gasteiger partial charge on any atom is 0.157 e. The Hall–Kier alpha value is -0.370. The highest BCUT2D eigenvalue weighted by Crippen LogP contribution is 1.76. The van der Waals surface area contributed by atoms with E-state index in [0.717, 1.165) is 0 Å². The van der Waals surface area contributed by atoms with Crippen LogP contribution in [0.5, 0.6) is 0 Å². The van der Waals surface area contributed by atoms with E-state index >= 15 is 0 Å². The minimum atomic E-state index is -0.787. The molecule has 0 unspecified atom stereocenters. The molecule has 2 heteroatoms. The molecule has 0 aromatic heterocycles. The lowest BCUT2D eigenvalue weighted by atomic mass is 10.3. The van der Waals surface area contributed by atoms with Crippen LogP contribution in [0.2, 0.25) is 0 Å². The van der Waals surface area contributed by atoms with Crippen molar-refractivity contribution < 1.29 is 9.90 Å². The van der Waals surface area contributed by atoms with E-state index in [1.807, 2.05) is 0 Å². The fourth-order valence-electron chi connectivity index (χ4n) is 0. The largest absolute Gasteiger partial charge is 0.386 e. The minimum absolute atomic E-state index is 0.185. The molecule has 0 rings (SSSR count). The summed E-state index contributed by atoms with van der Waals surface area (Å²) in [6.45, 7) is 2.80. The van der Waals surface area contributed by atoms with E-state index in [0.29, 0.717) is 0 Å². The van der Waals surface area contributed by atoms with E-state index in [9.17, 15) is 4.79 Å². The van der Waals surface area contributed by atoms with Crippen LogP contribution in [-0.4, -0.2) is 17.0 Å². The summed E-state index contributed by atoms with van der Waals surface area (Å²) in [6, 6.07) is 0. The normalized spacial score (nSPS) is 13.8. The molecular weight excluding hydrogens is 80.0 g/mol. The fourth-order valence-corrected chi connectivity index (χ4v) is 0. The summed E-state index contributed by atoms with van der Waals surface area (Å²) in [5, 5.41) is 8.28. The number of hydrogen-bond acceptors (Lipinski definition) is 2. The molecular formula is C4H8O2. The van der Waals surface area contributed by atoms with E-state index < -0.39 is 6.10 Å². The molecule has 0 heterocycles. The molecule has 0 aromatic rings. The Bertz CT molecular complexity index is 56.6. The van der Waals surface area contributed by atoms with Gasteiger partial charge in [-0.05, 0) is 13.8 Å². The van der Waals surface area contributed by atoms with Crippen LogP contribution >= 0.6 is 0 Å². The standard InChI is InChI=1S/C4H8O2/c1-3(5)4(2)6/h3,5H,1-2H3/t3-/m0/s1. The molecule has 0 saturated carbocycles. The van der Waals surface area contributed by atoms with Gasteiger partial charge in [0.1, 0.15) is 6.10 Å². The maximum absolute atomic E-state index is 9.89. The van der Waals surface area contributed by atoms with Gasteiger partial charge in [0.2, 0.25) is 0 Å². The van der Waals surface area contributed by atoms with Crippen molar-refractivity contribution in [3.63, 3.8) is 0 Å². The van der Waals surface area contributed by atoms with Gasteiger partial charge in [0, 0.05) is 0 Å². The van der Waals surface area contributed by atoms with E-state index in [1.54, 1.807) is 0 Å². The van der Waals surface area contributed by atoms with E-state index in [4.69, 9.17) is 5.11 Å². The van der Waals surface area contributed by atoms with Crippen molar-refractivity contribution in [3.8, 4) is 0 Å². The molecule has 0 spiro atoms. The number of carbonyl (C=O) groups excluding carboxylic acids is 1. The van der Waals surface area contributed by atoms with Crippen molar-refractivity contribution in [3.05, 3.63) is 0 Å². The Morgan fingerprint density at radius 2 is 2.00 bits per heavy atom. The van der Waals surface area contributed by atoms with Crippen LogP contribution in [0.25, 0.3) is 0 Å². The smallest absolute Gasteiger partial charge is 0.157 e. The average molecular weight is 88.1 g/mol. The number of carbonyl (C=O) groups is 1. The summed E-state index contributed by atoms with van der Waals surface area (Å²) in [5.41, 5.74) is 0. The Labute approximate surface area is 36.8 Å². The number of hydrogen-bond donors (Lipinski definition) is 1. The topological polar surface area (TPSA) is 37.3 Å². The van der Waals surface area contributed by atoms with Gasteiger partial charge in [-0.25, -0.2) is 0 Å². The summed E-state index contributed by atoms with van der Waals surface area (Å²) < 4.78 is 0. The van der Waals surface area contributed by atoms with Gasteiger partial charge in [-0.3, -0.25) is 4.79 Å². The average Bonchev–Trinajstić information content (AvgIpc) is 1.36. The zero-order valence-electron chi connectivity index (χ0n) is 3.93. The molecule has 0 aromatic carbocycles. The van der Waals surface area contributed by atoms with Crippen molar-refractivity contribution in [1.82, 2.24) is 0 Å². The van der Waals surface area contributed by atoms with Crippen LogP contribution < -0.4 is 0 Å².